The summed E-state index contributed by atoms with van der Waals surface area (Å²) in [6, 6.07) is 3.72. The zero-order chi connectivity index (χ0) is 11.6. The molecule has 2 atom stereocenters. The predicted molar refractivity (Wildman–Crippen MR) is 62.0 cm³/mol. The minimum atomic E-state index is -0.534. The van der Waals surface area contributed by atoms with Gasteiger partial charge < -0.3 is 0 Å². The molecule has 0 aliphatic carbocycles. The van der Waals surface area contributed by atoms with E-state index in [1.54, 1.807) is 0 Å². The number of halogens is 3. The summed E-state index contributed by atoms with van der Waals surface area (Å²) < 4.78 is 26.2. The Labute approximate surface area is 97.8 Å². The average Bonchev–Trinajstić information content (AvgIpc) is 2.15. The molecule has 0 fully saturated rings. The number of alkyl halides is 1. The highest BCUT2D eigenvalue weighted by atomic mass is 79.9. The highest BCUT2D eigenvalue weighted by molar-refractivity contribution is 9.09. The largest absolute Gasteiger partial charge is 0.207 e. The molecule has 3 heteroatoms. The lowest BCUT2D eigenvalue weighted by Crippen LogP contribution is -2.11. The van der Waals surface area contributed by atoms with Gasteiger partial charge in [0.25, 0.3) is 0 Å². The zero-order valence-corrected chi connectivity index (χ0v) is 10.7. The standard InChI is InChI=1S/C12H15BrF2/c1-7(2)8(3)12(13)10-5-4-9(14)6-11(10)15/h4-8,12H,1-3H3. The molecule has 0 nitrogen and oxygen atoms in total. The lowest BCUT2D eigenvalue weighted by molar-refractivity contribution is 0.407. The van der Waals surface area contributed by atoms with E-state index in [9.17, 15) is 8.78 Å². The Hall–Kier alpha value is -0.440. The van der Waals surface area contributed by atoms with Gasteiger partial charge in [-0.1, -0.05) is 42.8 Å². The molecule has 0 aliphatic rings. The Bertz CT molecular complexity index is 336. The normalized spacial score (nSPS) is 15.4. The molecule has 0 aliphatic heterocycles. The Kier molecular flexibility index (Phi) is 4.26. The quantitative estimate of drug-likeness (QED) is 0.703. The van der Waals surface area contributed by atoms with Crippen LogP contribution in [0.15, 0.2) is 18.2 Å². The van der Waals surface area contributed by atoms with Crippen LogP contribution < -0.4 is 0 Å². The van der Waals surface area contributed by atoms with Crippen LogP contribution in [0.1, 0.15) is 31.2 Å². The molecule has 84 valence electrons. The molecule has 0 N–H and O–H groups in total. The fourth-order valence-electron chi connectivity index (χ4n) is 1.35. The van der Waals surface area contributed by atoms with Crippen LogP contribution >= 0.6 is 15.9 Å². The van der Waals surface area contributed by atoms with Crippen LogP contribution in [0.4, 0.5) is 8.78 Å². The smallest absolute Gasteiger partial charge is 0.130 e. The topological polar surface area (TPSA) is 0 Å². The van der Waals surface area contributed by atoms with E-state index in [-0.39, 0.29) is 4.83 Å². The SMILES string of the molecule is CC(C)C(C)C(Br)c1ccc(F)cc1F. The van der Waals surface area contributed by atoms with Crippen molar-refractivity contribution in [3.63, 3.8) is 0 Å². The fourth-order valence-corrected chi connectivity index (χ4v) is 2.33. The van der Waals surface area contributed by atoms with Gasteiger partial charge in [-0.05, 0) is 17.9 Å². The van der Waals surface area contributed by atoms with Crippen LogP contribution in [0.25, 0.3) is 0 Å². The molecule has 1 aromatic rings. The molecule has 0 heterocycles. The maximum absolute atomic E-state index is 13.5. The van der Waals surface area contributed by atoms with Crippen molar-refractivity contribution < 1.29 is 8.78 Å². The zero-order valence-electron chi connectivity index (χ0n) is 9.10. The first kappa shape index (κ1) is 12.6. The second kappa shape index (κ2) is 5.06. The molecule has 0 amide bonds. The summed E-state index contributed by atoms with van der Waals surface area (Å²) in [5.41, 5.74) is 0.526. The van der Waals surface area contributed by atoms with Crippen molar-refractivity contribution in [1.82, 2.24) is 0 Å². The van der Waals surface area contributed by atoms with Gasteiger partial charge in [0.05, 0.1) is 0 Å². The average molecular weight is 277 g/mol. The van der Waals surface area contributed by atoms with E-state index in [4.69, 9.17) is 0 Å². The van der Waals surface area contributed by atoms with Crippen molar-refractivity contribution in [2.45, 2.75) is 25.6 Å². The summed E-state index contributed by atoms with van der Waals surface area (Å²) in [6.07, 6.45) is 0. The fraction of sp³-hybridized carbons (Fsp3) is 0.500. The van der Waals surface area contributed by atoms with Crippen LogP contribution in [0.2, 0.25) is 0 Å². The number of hydrogen-bond acceptors (Lipinski definition) is 0. The molecule has 0 radical (unpaired) electrons. The minimum absolute atomic E-state index is 0.0712. The molecule has 15 heavy (non-hydrogen) atoms. The van der Waals surface area contributed by atoms with E-state index in [1.165, 1.54) is 12.1 Å². The van der Waals surface area contributed by atoms with Crippen LogP contribution in [0.3, 0.4) is 0 Å². The molecule has 0 bridgehead atoms. The maximum atomic E-state index is 13.5. The van der Waals surface area contributed by atoms with Crippen molar-refractivity contribution >= 4 is 15.9 Å². The van der Waals surface area contributed by atoms with E-state index in [1.807, 2.05) is 6.92 Å². The van der Waals surface area contributed by atoms with Crippen molar-refractivity contribution in [3.8, 4) is 0 Å². The van der Waals surface area contributed by atoms with Crippen molar-refractivity contribution in [1.29, 1.82) is 0 Å². The predicted octanol–water partition coefficient (Wildman–Crippen LogP) is 4.69. The lowest BCUT2D eigenvalue weighted by atomic mass is 9.91. The van der Waals surface area contributed by atoms with Gasteiger partial charge in [0, 0.05) is 16.5 Å². The summed E-state index contributed by atoms with van der Waals surface area (Å²) in [4.78, 5) is -0.0712. The minimum Gasteiger partial charge on any atom is -0.207 e. The molecule has 0 aromatic heterocycles. The Balaban J connectivity index is 2.96. The van der Waals surface area contributed by atoms with Crippen molar-refractivity contribution in [2.75, 3.05) is 0 Å². The second-order valence-electron chi connectivity index (χ2n) is 4.17. The summed E-state index contributed by atoms with van der Waals surface area (Å²) in [5, 5.41) is 0. The Morgan fingerprint density at radius 1 is 1.13 bits per heavy atom. The summed E-state index contributed by atoms with van der Waals surface area (Å²) in [5.74, 6) is -0.277. The number of hydrogen-bond donors (Lipinski definition) is 0. The maximum Gasteiger partial charge on any atom is 0.130 e. The van der Waals surface area contributed by atoms with Crippen molar-refractivity contribution in [2.24, 2.45) is 11.8 Å². The van der Waals surface area contributed by atoms with E-state index in [0.717, 1.165) is 6.07 Å². The Morgan fingerprint density at radius 2 is 1.73 bits per heavy atom. The summed E-state index contributed by atoms with van der Waals surface area (Å²) in [7, 11) is 0. The van der Waals surface area contributed by atoms with Gasteiger partial charge in [0.1, 0.15) is 11.6 Å². The number of benzene rings is 1. The Morgan fingerprint density at radius 3 is 2.20 bits per heavy atom. The highest BCUT2D eigenvalue weighted by Gasteiger charge is 2.22. The van der Waals surface area contributed by atoms with Crippen LogP contribution in [0, 0.1) is 23.5 Å². The van der Waals surface area contributed by atoms with Crippen molar-refractivity contribution in [3.05, 3.63) is 35.4 Å². The van der Waals surface area contributed by atoms with Gasteiger partial charge in [-0.3, -0.25) is 0 Å². The molecule has 0 saturated heterocycles. The molecule has 0 spiro atoms. The third-order valence-electron chi connectivity index (χ3n) is 2.77. The van der Waals surface area contributed by atoms with E-state index in [2.05, 4.69) is 29.8 Å². The molecular formula is C12H15BrF2. The third kappa shape index (κ3) is 3.00. The van der Waals surface area contributed by atoms with Gasteiger partial charge in [0.2, 0.25) is 0 Å². The van der Waals surface area contributed by atoms with Crippen LogP contribution in [0.5, 0.6) is 0 Å². The van der Waals surface area contributed by atoms with Crippen LogP contribution in [-0.2, 0) is 0 Å². The summed E-state index contributed by atoms with van der Waals surface area (Å²) >= 11 is 3.46. The molecule has 1 rings (SSSR count). The molecule has 0 saturated carbocycles. The first-order valence-electron chi connectivity index (χ1n) is 5.02. The third-order valence-corrected chi connectivity index (χ3v) is 4.10. The first-order valence-corrected chi connectivity index (χ1v) is 5.94. The van der Waals surface area contributed by atoms with Gasteiger partial charge >= 0.3 is 0 Å². The highest BCUT2D eigenvalue weighted by Crippen LogP contribution is 2.36. The van der Waals surface area contributed by atoms with Gasteiger partial charge in [-0.15, -0.1) is 0 Å². The van der Waals surface area contributed by atoms with E-state index < -0.39 is 11.6 Å². The van der Waals surface area contributed by atoms with Gasteiger partial charge in [0.15, 0.2) is 0 Å². The first-order chi connectivity index (χ1) is 6.93. The molecule has 2 unspecified atom stereocenters. The molecular weight excluding hydrogens is 262 g/mol. The van der Waals surface area contributed by atoms with Crippen LogP contribution in [-0.4, -0.2) is 0 Å². The number of rotatable bonds is 3. The van der Waals surface area contributed by atoms with Gasteiger partial charge in [-0.2, -0.15) is 0 Å². The van der Waals surface area contributed by atoms with E-state index >= 15 is 0 Å². The second-order valence-corrected chi connectivity index (χ2v) is 5.16. The van der Waals surface area contributed by atoms with Gasteiger partial charge in [-0.25, -0.2) is 8.78 Å². The summed E-state index contributed by atoms with van der Waals surface area (Å²) in [6.45, 7) is 6.22. The molecule has 1 aromatic carbocycles. The lowest BCUT2D eigenvalue weighted by Gasteiger charge is -2.22. The van der Waals surface area contributed by atoms with E-state index in [0.29, 0.717) is 17.4 Å². The monoisotopic (exact) mass is 276 g/mol.